The Kier molecular flexibility index (Phi) is 4.35. The third kappa shape index (κ3) is 2.69. The molecule has 0 amide bonds. The second-order valence-corrected chi connectivity index (χ2v) is 4.04. The average Bonchev–Trinajstić information content (AvgIpc) is 2.52. The van der Waals surface area contributed by atoms with Gasteiger partial charge in [0, 0.05) is 0 Å². The molecule has 1 saturated carbocycles. The first-order valence-corrected chi connectivity index (χ1v) is 5.27. The minimum absolute atomic E-state index is 0.0564. The Balaban J connectivity index is 2.52. The van der Waals surface area contributed by atoms with E-state index in [0.29, 0.717) is 13.0 Å². The second-order valence-electron chi connectivity index (χ2n) is 4.04. The minimum atomic E-state index is -0.788. The number of aliphatic hydroxyl groups is 1. The molecule has 1 fully saturated rings. The molecular formula is C10H19NO3. The lowest BCUT2D eigenvalue weighted by Crippen LogP contribution is -2.29. The zero-order valence-corrected chi connectivity index (χ0v) is 8.35. The van der Waals surface area contributed by atoms with Crippen LogP contribution in [0.4, 0.5) is 0 Å². The second kappa shape index (κ2) is 5.32. The van der Waals surface area contributed by atoms with Gasteiger partial charge in [-0.05, 0) is 38.1 Å². The Morgan fingerprint density at radius 2 is 2.21 bits per heavy atom. The smallest absolute Gasteiger partial charge is 0.306 e. The number of hydrogen-bond donors (Lipinski definition) is 3. The van der Waals surface area contributed by atoms with E-state index in [2.05, 4.69) is 0 Å². The van der Waals surface area contributed by atoms with Crippen LogP contribution in [-0.2, 0) is 4.79 Å². The highest BCUT2D eigenvalue weighted by Crippen LogP contribution is 2.34. The fourth-order valence-corrected chi connectivity index (χ4v) is 2.30. The summed E-state index contributed by atoms with van der Waals surface area (Å²) in [4.78, 5) is 11.0. The number of carboxylic acid groups (broad SMARTS) is 1. The van der Waals surface area contributed by atoms with Gasteiger partial charge in [-0.3, -0.25) is 4.79 Å². The van der Waals surface area contributed by atoms with Crippen LogP contribution in [0.25, 0.3) is 0 Å². The molecule has 0 bridgehead atoms. The Bertz CT molecular complexity index is 196. The van der Waals surface area contributed by atoms with E-state index >= 15 is 0 Å². The number of carboxylic acids is 1. The van der Waals surface area contributed by atoms with Crippen LogP contribution in [0.3, 0.4) is 0 Å². The molecule has 3 unspecified atom stereocenters. The maximum absolute atomic E-state index is 11.0. The van der Waals surface area contributed by atoms with Gasteiger partial charge in [0.25, 0.3) is 0 Å². The van der Waals surface area contributed by atoms with Crippen molar-refractivity contribution in [3.05, 3.63) is 0 Å². The summed E-state index contributed by atoms with van der Waals surface area (Å²) >= 11 is 0. The molecule has 0 saturated heterocycles. The van der Waals surface area contributed by atoms with Crippen molar-refractivity contribution in [1.82, 2.24) is 0 Å². The van der Waals surface area contributed by atoms with Crippen molar-refractivity contribution in [2.24, 2.45) is 17.6 Å². The molecule has 0 aromatic rings. The third-order valence-electron chi connectivity index (χ3n) is 3.08. The maximum Gasteiger partial charge on any atom is 0.306 e. The quantitative estimate of drug-likeness (QED) is 0.607. The summed E-state index contributed by atoms with van der Waals surface area (Å²) in [6, 6.07) is 0. The first kappa shape index (κ1) is 11.5. The number of hydrogen-bond acceptors (Lipinski definition) is 3. The van der Waals surface area contributed by atoms with E-state index < -0.39 is 18.0 Å². The van der Waals surface area contributed by atoms with E-state index in [1.54, 1.807) is 0 Å². The SMILES string of the molecule is NCCCC(C(=O)O)C1CCCC1O. The Hall–Kier alpha value is -0.610. The fourth-order valence-electron chi connectivity index (χ4n) is 2.30. The normalized spacial score (nSPS) is 29.0. The van der Waals surface area contributed by atoms with Crippen molar-refractivity contribution in [3.8, 4) is 0 Å². The topological polar surface area (TPSA) is 83.6 Å². The van der Waals surface area contributed by atoms with Crippen molar-refractivity contribution in [2.75, 3.05) is 6.54 Å². The first-order valence-electron chi connectivity index (χ1n) is 5.27. The molecule has 0 spiro atoms. The van der Waals surface area contributed by atoms with Gasteiger partial charge in [-0.1, -0.05) is 6.42 Å². The maximum atomic E-state index is 11.0. The van der Waals surface area contributed by atoms with E-state index in [9.17, 15) is 9.90 Å². The summed E-state index contributed by atoms with van der Waals surface area (Å²) in [6.07, 6.45) is 3.42. The van der Waals surface area contributed by atoms with Crippen molar-refractivity contribution in [1.29, 1.82) is 0 Å². The van der Waals surface area contributed by atoms with Gasteiger partial charge in [-0.25, -0.2) is 0 Å². The van der Waals surface area contributed by atoms with Crippen molar-refractivity contribution in [2.45, 2.75) is 38.2 Å². The highest BCUT2D eigenvalue weighted by atomic mass is 16.4. The Morgan fingerprint density at radius 3 is 2.64 bits per heavy atom. The van der Waals surface area contributed by atoms with Crippen LogP contribution in [-0.4, -0.2) is 28.8 Å². The molecule has 1 aliphatic rings. The molecule has 3 atom stereocenters. The van der Waals surface area contributed by atoms with Gasteiger partial charge >= 0.3 is 5.97 Å². The van der Waals surface area contributed by atoms with E-state index in [4.69, 9.17) is 10.8 Å². The molecule has 82 valence electrons. The lowest BCUT2D eigenvalue weighted by atomic mass is 9.86. The van der Waals surface area contributed by atoms with Crippen LogP contribution < -0.4 is 5.73 Å². The predicted molar refractivity (Wildman–Crippen MR) is 52.8 cm³/mol. The monoisotopic (exact) mass is 201 g/mol. The highest BCUT2D eigenvalue weighted by molar-refractivity contribution is 5.70. The molecule has 0 radical (unpaired) electrons. The summed E-state index contributed by atoms with van der Waals surface area (Å²) in [5.41, 5.74) is 5.35. The lowest BCUT2D eigenvalue weighted by Gasteiger charge is -2.22. The molecule has 0 aromatic heterocycles. The van der Waals surface area contributed by atoms with Crippen LogP contribution in [0.2, 0.25) is 0 Å². The van der Waals surface area contributed by atoms with Gasteiger partial charge < -0.3 is 15.9 Å². The van der Waals surface area contributed by atoms with E-state index in [1.165, 1.54) is 0 Å². The van der Waals surface area contributed by atoms with Gasteiger partial charge in [0.2, 0.25) is 0 Å². The number of nitrogens with two attached hydrogens (primary N) is 1. The molecule has 0 aromatic carbocycles. The van der Waals surface area contributed by atoms with Crippen LogP contribution in [0.15, 0.2) is 0 Å². The minimum Gasteiger partial charge on any atom is -0.481 e. The van der Waals surface area contributed by atoms with Gasteiger partial charge in [-0.2, -0.15) is 0 Å². The zero-order chi connectivity index (χ0) is 10.6. The summed E-state index contributed by atoms with van der Waals surface area (Å²) in [5.74, 6) is -1.25. The first-order chi connectivity index (χ1) is 6.66. The number of aliphatic carboxylic acids is 1. The molecule has 4 heteroatoms. The van der Waals surface area contributed by atoms with Crippen LogP contribution in [0.5, 0.6) is 0 Å². The molecule has 14 heavy (non-hydrogen) atoms. The van der Waals surface area contributed by atoms with E-state index in [1.807, 2.05) is 0 Å². The summed E-state index contributed by atoms with van der Waals surface area (Å²) < 4.78 is 0. The molecule has 0 heterocycles. The molecule has 4 nitrogen and oxygen atoms in total. The van der Waals surface area contributed by atoms with E-state index in [-0.39, 0.29) is 5.92 Å². The molecule has 4 N–H and O–H groups in total. The summed E-state index contributed by atoms with van der Waals surface area (Å²) in [6.45, 7) is 0.520. The number of carbonyl (C=O) groups is 1. The number of rotatable bonds is 5. The number of aliphatic hydroxyl groups excluding tert-OH is 1. The van der Waals surface area contributed by atoms with Crippen LogP contribution >= 0.6 is 0 Å². The third-order valence-corrected chi connectivity index (χ3v) is 3.08. The fraction of sp³-hybridized carbons (Fsp3) is 0.900. The molecule has 1 rings (SSSR count). The highest BCUT2D eigenvalue weighted by Gasteiger charge is 2.35. The standard InChI is InChI=1S/C10H19NO3/c11-6-2-4-8(10(13)14)7-3-1-5-9(7)12/h7-9,12H,1-6,11H2,(H,13,14). The van der Waals surface area contributed by atoms with Crippen LogP contribution in [0.1, 0.15) is 32.1 Å². The summed E-state index contributed by atoms with van der Waals surface area (Å²) in [7, 11) is 0. The van der Waals surface area contributed by atoms with Gasteiger partial charge in [-0.15, -0.1) is 0 Å². The summed E-state index contributed by atoms with van der Waals surface area (Å²) in [5, 5.41) is 18.6. The van der Waals surface area contributed by atoms with Crippen molar-refractivity contribution >= 4 is 5.97 Å². The lowest BCUT2D eigenvalue weighted by molar-refractivity contribution is -0.145. The molecule has 0 aliphatic heterocycles. The Morgan fingerprint density at radius 1 is 1.50 bits per heavy atom. The van der Waals surface area contributed by atoms with Crippen LogP contribution in [0, 0.1) is 11.8 Å². The van der Waals surface area contributed by atoms with Crippen molar-refractivity contribution < 1.29 is 15.0 Å². The largest absolute Gasteiger partial charge is 0.481 e. The zero-order valence-electron chi connectivity index (χ0n) is 8.35. The van der Waals surface area contributed by atoms with Gasteiger partial charge in [0.05, 0.1) is 12.0 Å². The average molecular weight is 201 g/mol. The van der Waals surface area contributed by atoms with Gasteiger partial charge in [0.1, 0.15) is 0 Å². The Labute approximate surface area is 84.1 Å². The van der Waals surface area contributed by atoms with Gasteiger partial charge in [0.15, 0.2) is 0 Å². The molecule has 1 aliphatic carbocycles. The predicted octanol–water partition coefficient (Wildman–Crippen LogP) is 0.587. The van der Waals surface area contributed by atoms with E-state index in [0.717, 1.165) is 25.7 Å². The molecular weight excluding hydrogens is 182 g/mol. The van der Waals surface area contributed by atoms with Crippen molar-refractivity contribution in [3.63, 3.8) is 0 Å².